The summed E-state index contributed by atoms with van der Waals surface area (Å²) in [7, 11) is 0. The summed E-state index contributed by atoms with van der Waals surface area (Å²) >= 11 is 0. The maximum Gasteiger partial charge on any atom is 0.285 e. The molecule has 1 aliphatic rings. The molecule has 1 fully saturated rings. The first-order chi connectivity index (χ1) is 10.0. The number of nitrogens with zero attached hydrogens (tertiary/aromatic N) is 1. The second kappa shape index (κ2) is 7.32. The van der Waals surface area contributed by atoms with E-state index < -0.39 is 5.92 Å². The summed E-state index contributed by atoms with van der Waals surface area (Å²) < 4.78 is 29.0. The van der Waals surface area contributed by atoms with Gasteiger partial charge >= 0.3 is 0 Å². The summed E-state index contributed by atoms with van der Waals surface area (Å²) in [5, 5.41) is 0. The van der Waals surface area contributed by atoms with E-state index in [1.54, 1.807) is 18.2 Å². The third kappa shape index (κ3) is 4.48. The maximum atomic E-state index is 14.5. The lowest BCUT2D eigenvalue weighted by molar-refractivity contribution is -0.0521. The summed E-state index contributed by atoms with van der Waals surface area (Å²) in [5.74, 6) is -2.80. The molecule has 0 amide bonds. The Kier molecular flexibility index (Phi) is 5.71. The van der Waals surface area contributed by atoms with Crippen molar-refractivity contribution in [3.8, 4) is 0 Å². The van der Waals surface area contributed by atoms with Crippen molar-refractivity contribution in [2.24, 2.45) is 5.73 Å². The highest BCUT2D eigenvalue weighted by molar-refractivity contribution is 5.20. The maximum absolute atomic E-state index is 14.5. The Morgan fingerprint density at radius 2 is 1.76 bits per heavy atom. The monoisotopic (exact) mass is 296 g/mol. The topological polar surface area (TPSA) is 29.3 Å². The lowest BCUT2D eigenvalue weighted by Gasteiger charge is -2.37. The van der Waals surface area contributed by atoms with E-state index in [4.69, 9.17) is 5.73 Å². The summed E-state index contributed by atoms with van der Waals surface area (Å²) in [4.78, 5) is 1.97. The molecule has 4 heteroatoms. The van der Waals surface area contributed by atoms with Gasteiger partial charge < -0.3 is 5.73 Å². The number of alkyl halides is 2. The molecule has 2 rings (SSSR count). The largest absolute Gasteiger partial charge is 0.328 e. The van der Waals surface area contributed by atoms with Gasteiger partial charge in [-0.25, -0.2) is 0 Å². The first kappa shape index (κ1) is 16.4. The highest BCUT2D eigenvalue weighted by Gasteiger charge is 2.36. The fraction of sp³-hybridized carbons (Fsp3) is 0.647. The van der Waals surface area contributed by atoms with E-state index in [0.29, 0.717) is 0 Å². The Labute approximate surface area is 126 Å². The zero-order chi connectivity index (χ0) is 15.3. The van der Waals surface area contributed by atoms with Crippen LogP contribution in [-0.4, -0.2) is 30.1 Å². The third-order valence-electron chi connectivity index (χ3n) is 4.37. The molecule has 118 valence electrons. The summed E-state index contributed by atoms with van der Waals surface area (Å²) in [6.45, 7) is 2.58. The van der Waals surface area contributed by atoms with Gasteiger partial charge in [-0.2, -0.15) is 8.78 Å². The van der Waals surface area contributed by atoms with Crippen LogP contribution >= 0.6 is 0 Å². The third-order valence-corrected chi connectivity index (χ3v) is 4.37. The standard InChI is InChI=1S/C17H26F2N2/c1-2-12-21(16-10-8-15(20)9-11-16)13-17(18,19)14-6-4-3-5-7-14/h3-7,15-16H,2,8-13,20H2,1H3. The van der Waals surface area contributed by atoms with Crippen LogP contribution in [0.4, 0.5) is 8.78 Å². The lowest BCUT2D eigenvalue weighted by Crippen LogP contribution is -2.45. The quantitative estimate of drug-likeness (QED) is 0.866. The summed E-state index contributed by atoms with van der Waals surface area (Å²) in [5.41, 5.74) is 6.03. The van der Waals surface area contributed by atoms with E-state index in [1.807, 2.05) is 11.8 Å². The van der Waals surface area contributed by atoms with Crippen LogP contribution in [-0.2, 0) is 5.92 Å². The van der Waals surface area contributed by atoms with Crippen molar-refractivity contribution in [2.75, 3.05) is 13.1 Å². The van der Waals surface area contributed by atoms with Gasteiger partial charge in [0.05, 0.1) is 6.54 Å². The zero-order valence-electron chi connectivity index (χ0n) is 12.8. The van der Waals surface area contributed by atoms with Gasteiger partial charge in [0.15, 0.2) is 0 Å². The molecule has 0 atom stereocenters. The van der Waals surface area contributed by atoms with Crippen LogP contribution in [0.15, 0.2) is 30.3 Å². The van der Waals surface area contributed by atoms with Crippen LogP contribution in [0.25, 0.3) is 0 Å². The molecule has 2 nitrogen and oxygen atoms in total. The Morgan fingerprint density at radius 3 is 2.33 bits per heavy atom. The predicted molar refractivity (Wildman–Crippen MR) is 82.4 cm³/mol. The second-order valence-electron chi connectivity index (χ2n) is 6.11. The number of nitrogens with two attached hydrogens (primary N) is 1. The Hall–Kier alpha value is -1.00. The SMILES string of the molecule is CCCN(CC(F)(F)c1ccccc1)C1CCC(N)CC1. The molecule has 1 saturated carbocycles. The van der Waals surface area contributed by atoms with Crippen molar-refractivity contribution in [2.45, 2.75) is 57.0 Å². The van der Waals surface area contributed by atoms with E-state index in [2.05, 4.69) is 0 Å². The van der Waals surface area contributed by atoms with Crippen molar-refractivity contribution >= 4 is 0 Å². The molecule has 0 bridgehead atoms. The Balaban J connectivity index is 2.05. The minimum Gasteiger partial charge on any atom is -0.328 e. The van der Waals surface area contributed by atoms with Gasteiger partial charge in [-0.1, -0.05) is 37.3 Å². The highest BCUT2D eigenvalue weighted by Crippen LogP contribution is 2.32. The van der Waals surface area contributed by atoms with E-state index in [1.165, 1.54) is 12.1 Å². The molecular weight excluding hydrogens is 270 g/mol. The van der Waals surface area contributed by atoms with Gasteiger partial charge in [0.2, 0.25) is 0 Å². The molecule has 1 aromatic rings. The molecule has 0 unspecified atom stereocenters. The second-order valence-corrected chi connectivity index (χ2v) is 6.11. The first-order valence-corrected chi connectivity index (χ1v) is 7.96. The predicted octanol–water partition coefficient (Wildman–Crippen LogP) is 3.76. The molecule has 0 radical (unpaired) electrons. The van der Waals surface area contributed by atoms with E-state index >= 15 is 0 Å². The summed E-state index contributed by atoms with van der Waals surface area (Å²) in [6.07, 6.45) is 4.66. The Morgan fingerprint density at radius 1 is 1.14 bits per heavy atom. The van der Waals surface area contributed by atoms with Crippen LogP contribution in [0.3, 0.4) is 0 Å². The number of halogens is 2. The molecule has 0 spiro atoms. The number of benzene rings is 1. The molecule has 1 aliphatic carbocycles. The lowest BCUT2D eigenvalue weighted by atomic mass is 9.90. The van der Waals surface area contributed by atoms with E-state index in [-0.39, 0.29) is 24.2 Å². The fourth-order valence-electron chi connectivity index (χ4n) is 3.17. The van der Waals surface area contributed by atoms with Crippen molar-refractivity contribution in [3.05, 3.63) is 35.9 Å². The number of rotatable bonds is 6. The molecule has 0 heterocycles. The molecule has 0 aliphatic heterocycles. The molecule has 1 aromatic carbocycles. The normalized spacial score (nSPS) is 23.5. The van der Waals surface area contributed by atoms with Gasteiger partial charge in [-0.05, 0) is 38.6 Å². The zero-order valence-corrected chi connectivity index (χ0v) is 12.8. The average molecular weight is 296 g/mol. The van der Waals surface area contributed by atoms with Crippen molar-refractivity contribution in [1.82, 2.24) is 4.90 Å². The first-order valence-electron chi connectivity index (χ1n) is 7.96. The molecule has 21 heavy (non-hydrogen) atoms. The smallest absolute Gasteiger partial charge is 0.285 e. The molecular formula is C17H26F2N2. The van der Waals surface area contributed by atoms with Crippen molar-refractivity contribution in [3.63, 3.8) is 0 Å². The summed E-state index contributed by atoms with van der Waals surface area (Å²) in [6, 6.07) is 8.65. The van der Waals surface area contributed by atoms with Gasteiger partial charge in [-0.3, -0.25) is 4.90 Å². The van der Waals surface area contributed by atoms with Gasteiger partial charge in [0, 0.05) is 17.6 Å². The average Bonchev–Trinajstić information content (AvgIpc) is 2.48. The van der Waals surface area contributed by atoms with Crippen LogP contribution < -0.4 is 5.73 Å². The van der Waals surface area contributed by atoms with Crippen LogP contribution in [0.5, 0.6) is 0 Å². The van der Waals surface area contributed by atoms with Gasteiger partial charge in [0.1, 0.15) is 0 Å². The molecule has 0 saturated heterocycles. The Bertz CT molecular complexity index is 414. The van der Waals surface area contributed by atoms with Crippen LogP contribution in [0.2, 0.25) is 0 Å². The fourth-order valence-corrected chi connectivity index (χ4v) is 3.17. The van der Waals surface area contributed by atoms with Crippen molar-refractivity contribution in [1.29, 1.82) is 0 Å². The number of hydrogen-bond acceptors (Lipinski definition) is 2. The van der Waals surface area contributed by atoms with E-state index in [9.17, 15) is 8.78 Å². The minimum absolute atomic E-state index is 0.110. The van der Waals surface area contributed by atoms with Gasteiger partial charge in [-0.15, -0.1) is 0 Å². The van der Waals surface area contributed by atoms with Crippen LogP contribution in [0, 0.1) is 0 Å². The van der Waals surface area contributed by atoms with E-state index in [0.717, 1.165) is 38.6 Å². The molecule has 2 N–H and O–H groups in total. The van der Waals surface area contributed by atoms with Crippen LogP contribution in [0.1, 0.15) is 44.6 Å². The number of hydrogen-bond donors (Lipinski definition) is 1. The molecule has 0 aromatic heterocycles. The van der Waals surface area contributed by atoms with Crippen molar-refractivity contribution < 1.29 is 8.78 Å². The van der Waals surface area contributed by atoms with Gasteiger partial charge in [0.25, 0.3) is 5.92 Å². The minimum atomic E-state index is -2.80. The highest BCUT2D eigenvalue weighted by atomic mass is 19.3.